The van der Waals surface area contributed by atoms with Crippen molar-refractivity contribution < 1.29 is 9.59 Å². The van der Waals surface area contributed by atoms with Gasteiger partial charge in [-0.15, -0.1) is 22.7 Å². The summed E-state index contributed by atoms with van der Waals surface area (Å²) in [6, 6.07) is 2.00. The first-order valence-corrected chi connectivity index (χ1v) is 9.32. The molecule has 1 aliphatic carbocycles. The molecule has 0 aliphatic heterocycles. The lowest BCUT2D eigenvalue weighted by molar-refractivity contribution is 0.100. The molecule has 0 saturated heterocycles. The number of anilines is 1. The Hall–Kier alpha value is -1.66. The molecule has 1 atom stereocenters. The molecular formula is C17H20N2O2S2. The molecule has 2 heterocycles. The van der Waals surface area contributed by atoms with Gasteiger partial charge < -0.3 is 11.1 Å². The molecular weight excluding hydrogens is 328 g/mol. The van der Waals surface area contributed by atoms with Crippen LogP contribution in [-0.2, 0) is 12.8 Å². The first kappa shape index (κ1) is 16.2. The third-order valence-corrected chi connectivity index (χ3v) is 6.77. The third-order valence-electron chi connectivity index (χ3n) is 4.41. The number of rotatable bonds is 3. The summed E-state index contributed by atoms with van der Waals surface area (Å²) in [6.45, 7) is 6.02. The highest BCUT2D eigenvalue weighted by Crippen LogP contribution is 2.35. The van der Waals surface area contributed by atoms with E-state index in [0.717, 1.165) is 23.3 Å². The van der Waals surface area contributed by atoms with Crippen LogP contribution < -0.4 is 11.1 Å². The summed E-state index contributed by atoms with van der Waals surface area (Å²) in [5, 5.41) is 3.43. The van der Waals surface area contributed by atoms with E-state index in [2.05, 4.69) is 12.2 Å². The number of nitrogens with one attached hydrogen (secondary N) is 1. The maximum absolute atomic E-state index is 12.6. The minimum atomic E-state index is -0.499. The SMILES string of the molecule is Cc1sc(NC(=O)c2cc3c(s2)CCC(C)C3)c(C(N)=O)c1C. The number of hydrogen-bond acceptors (Lipinski definition) is 4. The normalized spacial score (nSPS) is 16.9. The molecule has 4 nitrogen and oxygen atoms in total. The van der Waals surface area contributed by atoms with E-state index in [1.54, 1.807) is 11.3 Å². The zero-order chi connectivity index (χ0) is 16.7. The largest absolute Gasteiger partial charge is 0.365 e. The molecule has 0 saturated carbocycles. The fraction of sp³-hybridized carbons (Fsp3) is 0.412. The van der Waals surface area contributed by atoms with E-state index in [1.807, 2.05) is 19.9 Å². The molecule has 3 N–H and O–H groups in total. The monoisotopic (exact) mass is 348 g/mol. The standard InChI is InChI=1S/C17H20N2O2S2/c1-8-4-5-12-11(6-8)7-13(23-12)16(21)19-17-14(15(18)20)9(2)10(3)22-17/h7-8H,4-6H2,1-3H3,(H2,18,20)(H,19,21). The molecule has 0 radical (unpaired) electrons. The van der Waals surface area contributed by atoms with Crippen molar-refractivity contribution in [2.45, 2.75) is 40.0 Å². The minimum Gasteiger partial charge on any atom is -0.365 e. The number of carbonyl (C=O) groups excluding carboxylic acids is 2. The zero-order valence-corrected chi connectivity index (χ0v) is 15.1. The summed E-state index contributed by atoms with van der Waals surface area (Å²) in [5.74, 6) is 0.0272. The van der Waals surface area contributed by atoms with Gasteiger partial charge in [0.15, 0.2) is 0 Å². The Morgan fingerprint density at radius 1 is 1.30 bits per heavy atom. The van der Waals surface area contributed by atoms with E-state index in [4.69, 9.17) is 5.73 Å². The zero-order valence-electron chi connectivity index (χ0n) is 13.5. The molecule has 3 rings (SSSR count). The summed E-state index contributed by atoms with van der Waals surface area (Å²) < 4.78 is 0. The van der Waals surface area contributed by atoms with Gasteiger partial charge in [0.2, 0.25) is 0 Å². The molecule has 2 aromatic heterocycles. The van der Waals surface area contributed by atoms with Gasteiger partial charge in [-0.25, -0.2) is 0 Å². The van der Waals surface area contributed by atoms with Crippen molar-refractivity contribution in [1.29, 1.82) is 0 Å². The number of nitrogens with two attached hydrogens (primary N) is 1. The molecule has 1 aliphatic rings. The van der Waals surface area contributed by atoms with Gasteiger partial charge in [0.1, 0.15) is 5.00 Å². The molecule has 0 aromatic carbocycles. The summed E-state index contributed by atoms with van der Waals surface area (Å²) in [5.41, 5.74) is 8.03. The molecule has 2 amide bonds. The summed E-state index contributed by atoms with van der Waals surface area (Å²) in [4.78, 5) is 27.2. The third kappa shape index (κ3) is 3.05. The van der Waals surface area contributed by atoms with Crippen LogP contribution in [0.1, 0.15) is 54.3 Å². The van der Waals surface area contributed by atoms with Crippen LogP contribution in [0.4, 0.5) is 5.00 Å². The van der Waals surface area contributed by atoms with Gasteiger partial charge in [-0.2, -0.15) is 0 Å². The molecule has 6 heteroatoms. The van der Waals surface area contributed by atoms with Crippen molar-refractivity contribution in [1.82, 2.24) is 0 Å². The molecule has 0 fully saturated rings. The van der Waals surface area contributed by atoms with Crippen LogP contribution >= 0.6 is 22.7 Å². The quantitative estimate of drug-likeness (QED) is 0.883. The fourth-order valence-corrected chi connectivity index (χ4v) is 5.16. The van der Waals surface area contributed by atoms with E-state index in [9.17, 15) is 9.59 Å². The van der Waals surface area contributed by atoms with E-state index >= 15 is 0 Å². The summed E-state index contributed by atoms with van der Waals surface area (Å²) >= 11 is 2.97. The van der Waals surface area contributed by atoms with E-state index in [0.29, 0.717) is 21.4 Å². The Balaban J connectivity index is 1.86. The Morgan fingerprint density at radius 3 is 2.74 bits per heavy atom. The van der Waals surface area contributed by atoms with Crippen molar-refractivity contribution in [3.05, 3.63) is 37.4 Å². The second-order valence-electron chi connectivity index (χ2n) is 6.21. The van der Waals surface area contributed by atoms with Crippen LogP contribution in [0.25, 0.3) is 0 Å². The van der Waals surface area contributed by atoms with Gasteiger partial charge in [-0.3, -0.25) is 9.59 Å². The van der Waals surface area contributed by atoms with Gasteiger partial charge in [0.05, 0.1) is 10.4 Å². The highest BCUT2D eigenvalue weighted by molar-refractivity contribution is 7.17. The first-order valence-electron chi connectivity index (χ1n) is 7.69. The Bertz CT molecular complexity index is 789. The smallest absolute Gasteiger partial charge is 0.266 e. The number of thiophene rings is 2. The number of aryl methyl sites for hydroxylation is 2. The molecule has 1 unspecified atom stereocenters. The number of carbonyl (C=O) groups is 2. The van der Waals surface area contributed by atoms with E-state index < -0.39 is 5.91 Å². The van der Waals surface area contributed by atoms with Crippen LogP contribution in [0.15, 0.2) is 6.07 Å². The predicted octanol–water partition coefficient (Wildman–Crippen LogP) is 3.90. The van der Waals surface area contributed by atoms with Gasteiger partial charge >= 0.3 is 0 Å². The lowest BCUT2D eigenvalue weighted by Gasteiger charge is -2.16. The minimum absolute atomic E-state index is 0.152. The van der Waals surface area contributed by atoms with Crippen molar-refractivity contribution >= 4 is 39.5 Å². The fourth-order valence-electron chi connectivity index (χ4n) is 2.99. The lowest BCUT2D eigenvalue weighted by Crippen LogP contribution is -2.16. The number of amides is 2. The molecule has 0 bridgehead atoms. The maximum Gasteiger partial charge on any atom is 0.266 e. The predicted molar refractivity (Wildman–Crippen MR) is 95.8 cm³/mol. The lowest BCUT2D eigenvalue weighted by atomic mass is 9.90. The van der Waals surface area contributed by atoms with Gasteiger partial charge in [0.25, 0.3) is 11.8 Å². The second kappa shape index (κ2) is 6.09. The van der Waals surface area contributed by atoms with Crippen molar-refractivity contribution in [2.75, 3.05) is 5.32 Å². The highest BCUT2D eigenvalue weighted by atomic mass is 32.1. The number of primary amides is 1. The average molecular weight is 348 g/mol. The van der Waals surface area contributed by atoms with Crippen LogP contribution in [0.3, 0.4) is 0 Å². The highest BCUT2D eigenvalue weighted by Gasteiger charge is 2.23. The van der Waals surface area contributed by atoms with Gasteiger partial charge in [-0.05, 0) is 56.2 Å². The number of fused-ring (bicyclic) bond motifs is 1. The topological polar surface area (TPSA) is 72.2 Å². The number of hydrogen-bond donors (Lipinski definition) is 2. The Kier molecular flexibility index (Phi) is 4.29. The van der Waals surface area contributed by atoms with Crippen LogP contribution in [-0.4, -0.2) is 11.8 Å². The average Bonchev–Trinajstić information content (AvgIpc) is 3.00. The van der Waals surface area contributed by atoms with Crippen molar-refractivity contribution in [3.8, 4) is 0 Å². The van der Waals surface area contributed by atoms with Gasteiger partial charge in [0, 0.05) is 9.75 Å². The van der Waals surface area contributed by atoms with Crippen molar-refractivity contribution in [2.24, 2.45) is 11.7 Å². The molecule has 122 valence electrons. The maximum atomic E-state index is 12.6. The van der Waals surface area contributed by atoms with E-state index in [1.165, 1.54) is 28.2 Å². The summed E-state index contributed by atoms with van der Waals surface area (Å²) in [6.07, 6.45) is 3.28. The molecule has 23 heavy (non-hydrogen) atoms. The first-order chi connectivity index (χ1) is 10.9. The Labute approximate surface area is 143 Å². The second-order valence-corrected chi connectivity index (χ2v) is 8.57. The molecule has 0 spiro atoms. The van der Waals surface area contributed by atoms with Crippen LogP contribution in [0, 0.1) is 19.8 Å². The van der Waals surface area contributed by atoms with Crippen LogP contribution in [0.5, 0.6) is 0 Å². The van der Waals surface area contributed by atoms with Crippen LogP contribution in [0.2, 0.25) is 0 Å². The summed E-state index contributed by atoms with van der Waals surface area (Å²) in [7, 11) is 0. The van der Waals surface area contributed by atoms with E-state index in [-0.39, 0.29) is 5.91 Å². The molecule has 2 aromatic rings. The van der Waals surface area contributed by atoms with Gasteiger partial charge in [-0.1, -0.05) is 6.92 Å². The van der Waals surface area contributed by atoms with Crippen molar-refractivity contribution in [3.63, 3.8) is 0 Å². The Morgan fingerprint density at radius 2 is 2.04 bits per heavy atom.